The molecule has 1 aromatic heterocycles. The van der Waals surface area contributed by atoms with Crippen molar-refractivity contribution < 1.29 is 17.9 Å². The Bertz CT molecular complexity index is 1320. The van der Waals surface area contributed by atoms with Crippen molar-refractivity contribution in [1.29, 1.82) is 0 Å². The molecule has 4 rings (SSSR count). The molecule has 0 saturated carbocycles. The minimum Gasteiger partial charge on any atom is -0.484 e. The summed E-state index contributed by atoms with van der Waals surface area (Å²) >= 11 is 0. The van der Waals surface area contributed by atoms with E-state index in [2.05, 4.69) is 5.10 Å². The van der Waals surface area contributed by atoms with Crippen LogP contribution in [-0.4, -0.2) is 68.5 Å². The normalized spacial score (nSPS) is 14.9. The van der Waals surface area contributed by atoms with Gasteiger partial charge in [0.25, 0.3) is 0 Å². The van der Waals surface area contributed by atoms with Gasteiger partial charge in [-0.3, -0.25) is 4.79 Å². The molecule has 2 aromatic carbocycles. The molecule has 1 aliphatic rings. The molecule has 3 aromatic rings. The van der Waals surface area contributed by atoms with E-state index in [-0.39, 0.29) is 31.0 Å². The molecule has 1 saturated heterocycles. The fraction of sp³-hybridized carbons (Fsp3) is 0.308. The van der Waals surface area contributed by atoms with Crippen LogP contribution >= 0.6 is 0 Å². The quantitative estimate of drug-likeness (QED) is 0.387. The Balaban J connectivity index is 1.52. The fourth-order valence-electron chi connectivity index (χ4n) is 3.89. The van der Waals surface area contributed by atoms with Crippen LogP contribution in [0.2, 0.25) is 0 Å². The van der Waals surface area contributed by atoms with E-state index in [0.717, 1.165) is 5.56 Å². The first-order chi connectivity index (χ1) is 17.5. The number of nitrogens with zero attached hydrogens (tertiary/aromatic N) is 4. The number of ether oxygens (including phenoxy) is 2. The first-order valence-corrected chi connectivity index (χ1v) is 13.4. The zero-order valence-electron chi connectivity index (χ0n) is 20.2. The molecule has 1 aliphatic heterocycles. The second-order valence-electron chi connectivity index (χ2n) is 8.10. The molecule has 0 aliphatic carbocycles. The molecule has 0 radical (unpaired) electrons. The molecule has 1 fully saturated rings. The van der Waals surface area contributed by atoms with E-state index in [4.69, 9.17) is 9.47 Å². The predicted molar refractivity (Wildman–Crippen MR) is 140 cm³/mol. The lowest BCUT2D eigenvalue weighted by Gasteiger charge is -2.35. The van der Waals surface area contributed by atoms with Gasteiger partial charge >= 0.3 is 5.56 Å². The van der Waals surface area contributed by atoms with Crippen molar-refractivity contribution in [3.05, 3.63) is 88.2 Å². The van der Waals surface area contributed by atoms with Crippen LogP contribution in [-0.2, 0) is 14.8 Å². The summed E-state index contributed by atoms with van der Waals surface area (Å²) in [7, 11) is -3.57. The number of hydrogen-bond donors (Lipinski definition) is 0. The van der Waals surface area contributed by atoms with Crippen LogP contribution in [0.5, 0.6) is 5.75 Å². The van der Waals surface area contributed by atoms with Crippen molar-refractivity contribution >= 4 is 21.8 Å². The number of rotatable bonds is 10. The summed E-state index contributed by atoms with van der Waals surface area (Å²) in [5.74, 6) is 0.175. The van der Waals surface area contributed by atoms with Crippen molar-refractivity contribution in [1.82, 2.24) is 14.1 Å². The van der Waals surface area contributed by atoms with E-state index in [1.807, 2.05) is 60.4 Å². The number of anilines is 1. The van der Waals surface area contributed by atoms with Crippen molar-refractivity contribution in [3.8, 4) is 11.4 Å². The lowest BCUT2D eigenvalue weighted by atomic mass is 10.2. The highest BCUT2D eigenvalue weighted by molar-refractivity contribution is 7.92. The van der Waals surface area contributed by atoms with Crippen LogP contribution in [0.4, 0.5) is 5.69 Å². The summed E-state index contributed by atoms with van der Waals surface area (Å²) in [5.41, 5.74) is 1.61. The Morgan fingerprint density at radius 2 is 1.61 bits per heavy atom. The molecule has 36 heavy (non-hydrogen) atoms. The van der Waals surface area contributed by atoms with Crippen molar-refractivity contribution in [2.75, 3.05) is 50.9 Å². The maximum atomic E-state index is 13.3. The third-order valence-electron chi connectivity index (χ3n) is 5.76. The minimum atomic E-state index is -3.57. The van der Waals surface area contributed by atoms with Crippen LogP contribution in [0, 0.1) is 0 Å². The number of piperazine rings is 1. The smallest absolute Gasteiger partial charge is 0.316 e. The molecule has 2 heterocycles. The molecule has 0 spiro atoms. The summed E-state index contributed by atoms with van der Waals surface area (Å²) in [4.78, 5) is 15.3. The Morgan fingerprint density at radius 1 is 0.944 bits per heavy atom. The molecular formula is C26H30N4O5S. The Labute approximate surface area is 211 Å². The van der Waals surface area contributed by atoms with Crippen LogP contribution in [0.15, 0.2) is 77.1 Å². The van der Waals surface area contributed by atoms with Gasteiger partial charge in [-0.1, -0.05) is 48.5 Å². The molecule has 0 atom stereocenters. The van der Waals surface area contributed by atoms with Crippen molar-refractivity contribution in [2.45, 2.75) is 6.92 Å². The maximum absolute atomic E-state index is 13.3. The van der Waals surface area contributed by atoms with Crippen LogP contribution in [0.25, 0.3) is 11.8 Å². The van der Waals surface area contributed by atoms with Crippen molar-refractivity contribution in [2.24, 2.45) is 0 Å². The monoisotopic (exact) mass is 510 g/mol. The summed E-state index contributed by atoms with van der Waals surface area (Å²) in [6.45, 7) is 4.37. The van der Waals surface area contributed by atoms with E-state index in [0.29, 0.717) is 37.7 Å². The SMILES string of the molecule is CCOCCOc1c(N2CCN(S(=O)(=O)/C=C/c3ccccc3)CC2)cnn(-c2ccccc2)c1=O. The molecule has 190 valence electrons. The average molecular weight is 511 g/mol. The van der Waals surface area contributed by atoms with Gasteiger partial charge in [0.2, 0.25) is 15.8 Å². The molecule has 0 N–H and O–H groups in total. The Hall–Kier alpha value is -3.47. The Kier molecular flexibility index (Phi) is 8.52. The number of hydrogen-bond acceptors (Lipinski definition) is 7. The fourth-order valence-corrected chi connectivity index (χ4v) is 5.06. The van der Waals surface area contributed by atoms with Gasteiger partial charge in [0.05, 0.1) is 18.5 Å². The van der Waals surface area contributed by atoms with Gasteiger partial charge in [-0.05, 0) is 30.7 Å². The topological polar surface area (TPSA) is 94.0 Å². The first kappa shape index (κ1) is 25.6. The van der Waals surface area contributed by atoms with Gasteiger partial charge in [-0.15, -0.1) is 0 Å². The number of para-hydroxylation sites is 1. The molecule has 0 amide bonds. The van der Waals surface area contributed by atoms with Crippen LogP contribution in [0.1, 0.15) is 12.5 Å². The standard InChI is InChI=1S/C26H30N4O5S/c1-2-34-18-19-35-25-24(21-27-30(26(25)31)23-11-7-4-8-12-23)28-14-16-29(17-15-28)36(32,33)20-13-22-9-5-3-6-10-22/h3-13,20-21H,2,14-19H2,1H3/b20-13+. The second-order valence-corrected chi connectivity index (χ2v) is 9.92. The minimum absolute atomic E-state index is 0.175. The average Bonchev–Trinajstić information content (AvgIpc) is 2.92. The predicted octanol–water partition coefficient (Wildman–Crippen LogP) is 2.77. The third kappa shape index (κ3) is 6.20. The van der Waals surface area contributed by atoms with Gasteiger partial charge in [0.1, 0.15) is 12.3 Å². The third-order valence-corrected chi connectivity index (χ3v) is 7.33. The van der Waals surface area contributed by atoms with Gasteiger partial charge in [-0.2, -0.15) is 14.1 Å². The van der Waals surface area contributed by atoms with Gasteiger partial charge < -0.3 is 14.4 Å². The molecule has 0 unspecified atom stereocenters. The zero-order valence-corrected chi connectivity index (χ0v) is 21.0. The van der Waals surface area contributed by atoms with E-state index in [9.17, 15) is 13.2 Å². The summed E-state index contributed by atoms with van der Waals surface area (Å²) in [6.07, 6.45) is 3.20. The van der Waals surface area contributed by atoms with Crippen molar-refractivity contribution in [3.63, 3.8) is 0 Å². The number of benzene rings is 2. The lowest BCUT2D eigenvalue weighted by molar-refractivity contribution is 0.109. The largest absolute Gasteiger partial charge is 0.484 e. The molecule has 9 nitrogen and oxygen atoms in total. The van der Waals surface area contributed by atoms with Crippen LogP contribution < -0.4 is 15.2 Å². The highest BCUT2D eigenvalue weighted by Crippen LogP contribution is 2.26. The first-order valence-electron chi connectivity index (χ1n) is 11.9. The van der Waals surface area contributed by atoms with E-state index >= 15 is 0 Å². The second kappa shape index (κ2) is 12.0. The highest BCUT2D eigenvalue weighted by atomic mass is 32.2. The van der Waals surface area contributed by atoms with Gasteiger partial charge in [0, 0.05) is 38.2 Å². The summed E-state index contributed by atoms with van der Waals surface area (Å²) < 4.78 is 39.7. The maximum Gasteiger partial charge on any atom is 0.316 e. The Morgan fingerprint density at radius 3 is 2.28 bits per heavy atom. The van der Waals surface area contributed by atoms with Crippen LogP contribution in [0.3, 0.4) is 0 Å². The van der Waals surface area contributed by atoms with Gasteiger partial charge in [-0.25, -0.2) is 8.42 Å². The molecule has 0 bridgehead atoms. The molecular weight excluding hydrogens is 480 g/mol. The lowest BCUT2D eigenvalue weighted by Crippen LogP contribution is -2.48. The summed E-state index contributed by atoms with van der Waals surface area (Å²) in [6, 6.07) is 18.4. The highest BCUT2D eigenvalue weighted by Gasteiger charge is 2.28. The summed E-state index contributed by atoms with van der Waals surface area (Å²) in [5, 5.41) is 5.61. The van der Waals surface area contributed by atoms with E-state index < -0.39 is 10.0 Å². The molecule has 10 heteroatoms. The number of aromatic nitrogens is 2. The van der Waals surface area contributed by atoms with E-state index in [1.54, 1.807) is 24.4 Å². The van der Waals surface area contributed by atoms with E-state index in [1.165, 1.54) is 14.4 Å². The number of sulfonamides is 1. The zero-order chi connectivity index (χ0) is 25.4. The van der Waals surface area contributed by atoms with Gasteiger partial charge in [0.15, 0.2) is 0 Å².